The molecular weight excluding hydrogens is 366 g/mol. The van der Waals surface area contributed by atoms with Gasteiger partial charge in [0.1, 0.15) is 11.3 Å². The van der Waals surface area contributed by atoms with Gasteiger partial charge in [0.25, 0.3) is 10.0 Å². The lowest BCUT2D eigenvalue weighted by Crippen LogP contribution is -2.14. The third-order valence-electron chi connectivity index (χ3n) is 4.80. The number of carbonyl (C=O) groups excluding carboxylic acids is 1. The van der Waals surface area contributed by atoms with Crippen LogP contribution in [0.5, 0.6) is 5.75 Å². The number of sulfonamides is 1. The number of carbonyl (C=O) groups is 1. The molecule has 0 saturated carbocycles. The van der Waals surface area contributed by atoms with Crippen LogP contribution in [-0.2, 0) is 27.6 Å². The molecule has 0 saturated heterocycles. The largest absolute Gasteiger partial charge is 0.507 e. The fraction of sp³-hybridized carbons (Fsp3) is 0.150. The van der Waals surface area contributed by atoms with Crippen LogP contribution in [0, 0.1) is 0 Å². The minimum Gasteiger partial charge on any atom is -0.507 e. The fourth-order valence-electron chi connectivity index (χ4n) is 3.50. The Labute approximate surface area is 156 Å². The summed E-state index contributed by atoms with van der Waals surface area (Å²) in [5.74, 6) is -1.15. The second kappa shape index (κ2) is 6.28. The lowest BCUT2D eigenvalue weighted by molar-refractivity contribution is 0.0597. The van der Waals surface area contributed by atoms with Gasteiger partial charge in [-0.15, -0.1) is 0 Å². The van der Waals surface area contributed by atoms with Crippen molar-refractivity contribution in [3.05, 3.63) is 65.2 Å². The van der Waals surface area contributed by atoms with Crippen molar-refractivity contribution in [2.75, 3.05) is 11.8 Å². The first kappa shape index (κ1) is 17.4. The highest BCUT2D eigenvalue weighted by atomic mass is 32.2. The average Bonchev–Trinajstić information content (AvgIpc) is 3.08. The second-order valence-corrected chi connectivity index (χ2v) is 8.07. The average molecular weight is 383 g/mol. The summed E-state index contributed by atoms with van der Waals surface area (Å²) >= 11 is 0. The molecule has 0 aromatic heterocycles. The molecule has 27 heavy (non-hydrogen) atoms. The zero-order valence-electron chi connectivity index (χ0n) is 14.5. The molecule has 1 aliphatic rings. The van der Waals surface area contributed by atoms with Crippen molar-refractivity contribution in [3.8, 4) is 5.75 Å². The number of esters is 1. The van der Waals surface area contributed by atoms with E-state index in [9.17, 15) is 18.3 Å². The highest BCUT2D eigenvalue weighted by Crippen LogP contribution is 2.36. The lowest BCUT2D eigenvalue weighted by Gasteiger charge is -2.13. The molecule has 3 aromatic carbocycles. The smallest absolute Gasteiger partial charge is 0.341 e. The molecule has 0 fully saturated rings. The van der Waals surface area contributed by atoms with Crippen molar-refractivity contribution in [3.63, 3.8) is 0 Å². The maximum absolute atomic E-state index is 12.9. The van der Waals surface area contributed by atoms with Gasteiger partial charge in [0.05, 0.1) is 17.7 Å². The Hall–Kier alpha value is -3.06. The lowest BCUT2D eigenvalue weighted by atomic mass is 10.0. The Bertz CT molecular complexity index is 1170. The van der Waals surface area contributed by atoms with Crippen LogP contribution in [-0.4, -0.2) is 26.6 Å². The molecular formula is C20H17NO5S. The van der Waals surface area contributed by atoms with Crippen LogP contribution in [0.4, 0.5) is 5.69 Å². The number of ether oxygens (including phenoxy) is 1. The molecule has 138 valence electrons. The van der Waals surface area contributed by atoms with Gasteiger partial charge in [-0.3, -0.25) is 4.72 Å². The SMILES string of the molecule is COC(=O)c1cc(S(=O)(=O)Nc2ccc3c4c(cccc24)CC3)ccc1O. The number of rotatable bonds is 4. The number of aromatic hydroxyl groups is 1. The van der Waals surface area contributed by atoms with E-state index in [-0.39, 0.29) is 16.2 Å². The van der Waals surface area contributed by atoms with Crippen molar-refractivity contribution in [2.45, 2.75) is 17.7 Å². The molecule has 4 rings (SSSR count). The Morgan fingerprint density at radius 3 is 2.56 bits per heavy atom. The molecule has 7 heteroatoms. The number of hydrogen-bond donors (Lipinski definition) is 2. The molecule has 0 radical (unpaired) electrons. The molecule has 0 heterocycles. The summed E-state index contributed by atoms with van der Waals surface area (Å²) in [5, 5.41) is 11.7. The first-order chi connectivity index (χ1) is 12.9. The van der Waals surface area contributed by atoms with Gasteiger partial charge in [-0.05, 0) is 53.6 Å². The molecule has 0 spiro atoms. The number of hydrogen-bond acceptors (Lipinski definition) is 5. The van der Waals surface area contributed by atoms with Crippen LogP contribution in [0.15, 0.2) is 53.4 Å². The van der Waals surface area contributed by atoms with Crippen LogP contribution in [0.2, 0.25) is 0 Å². The summed E-state index contributed by atoms with van der Waals surface area (Å²) in [7, 11) is -2.80. The van der Waals surface area contributed by atoms with Crippen molar-refractivity contribution in [1.82, 2.24) is 0 Å². The number of methoxy groups -OCH3 is 1. The van der Waals surface area contributed by atoms with E-state index in [1.165, 1.54) is 17.2 Å². The number of phenolic OH excluding ortho intramolecular Hbond substituents is 1. The monoisotopic (exact) mass is 383 g/mol. The van der Waals surface area contributed by atoms with Gasteiger partial charge in [0.15, 0.2) is 0 Å². The molecule has 0 unspecified atom stereocenters. The third-order valence-corrected chi connectivity index (χ3v) is 6.17. The summed E-state index contributed by atoms with van der Waals surface area (Å²) in [6, 6.07) is 13.1. The molecule has 0 atom stereocenters. The molecule has 0 aliphatic heterocycles. The van der Waals surface area contributed by atoms with Crippen molar-refractivity contribution in [1.29, 1.82) is 0 Å². The van der Waals surface area contributed by atoms with E-state index in [2.05, 4.69) is 15.5 Å². The molecule has 2 N–H and O–H groups in total. The highest BCUT2D eigenvalue weighted by molar-refractivity contribution is 7.92. The molecule has 3 aromatic rings. The second-order valence-electron chi connectivity index (χ2n) is 6.39. The standard InChI is InChI=1S/C20H17NO5S/c1-26-20(23)16-11-14(8-10-18(16)22)27(24,25)21-17-9-7-13-6-5-12-3-2-4-15(17)19(12)13/h2-4,7-11,21-22H,5-6H2,1H3. The quantitative estimate of drug-likeness (QED) is 0.675. The topological polar surface area (TPSA) is 92.7 Å². The van der Waals surface area contributed by atoms with E-state index < -0.39 is 16.0 Å². The number of phenols is 1. The minimum absolute atomic E-state index is 0.135. The zero-order chi connectivity index (χ0) is 19.2. The van der Waals surface area contributed by atoms with Crippen LogP contribution < -0.4 is 4.72 Å². The summed E-state index contributed by atoms with van der Waals surface area (Å²) in [6.07, 6.45) is 1.90. The third kappa shape index (κ3) is 2.90. The van der Waals surface area contributed by atoms with Crippen LogP contribution >= 0.6 is 0 Å². The molecule has 0 amide bonds. The van der Waals surface area contributed by atoms with Crippen molar-refractivity contribution >= 4 is 32.5 Å². The van der Waals surface area contributed by atoms with Gasteiger partial charge < -0.3 is 9.84 Å². The van der Waals surface area contributed by atoms with E-state index in [1.807, 2.05) is 18.2 Å². The Balaban J connectivity index is 1.77. The van der Waals surface area contributed by atoms with Gasteiger partial charge in [-0.1, -0.05) is 24.3 Å². The van der Waals surface area contributed by atoms with Crippen LogP contribution in [0.3, 0.4) is 0 Å². The van der Waals surface area contributed by atoms with Gasteiger partial charge in [0, 0.05) is 5.39 Å². The zero-order valence-corrected chi connectivity index (χ0v) is 15.3. The fourth-order valence-corrected chi connectivity index (χ4v) is 4.60. The summed E-state index contributed by atoms with van der Waals surface area (Å²) in [4.78, 5) is 11.6. The van der Waals surface area contributed by atoms with Crippen LogP contribution in [0.25, 0.3) is 10.8 Å². The van der Waals surface area contributed by atoms with Crippen molar-refractivity contribution < 1.29 is 23.1 Å². The van der Waals surface area contributed by atoms with E-state index >= 15 is 0 Å². The minimum atomic E-state index is -3.96. The predicted molar refractivity (Wildman–Crippen MR) is 102 cm³/mol. The maximum Gasteiger partial charge on any atom is 0.341 e. The van der Waals surface area contributed by atoms with E-state index in [0.717, 1.165) is 42.9 Å². The van der Waals surface area contributed by atoms with E-state index in [4.69, 9.17) is 0 Å². The van der Waals surface area contributed by atoms with Crippen LogP contribution in [0.1, 0.15) is 21.5 Å². The van der Waals surface area contributed by atoms with E-state index in [1.54, 1.807) is 6.07 Å². The molecule has 6 nitrogen and oxygen atoms in total. The maximum atomic E-state index is 12.9. The normalized spacial score (nSPS) is 12.9. The predicted octanol–water partition coefficient (Wildman–Crippen LogP) is 3.23. The van der Waals surface area contributed by atoms with E-state index in [0.29, 0.717) is 5.69 Å². The van der Waals surface area contributed by atoms with Gasteiger partial charge in [-0.25, -0.2) is 13.2 Å². The first-order valence-electron chi connectivity index (χ1n) is 8.38. The number of benzene rings is 3. The summed E-state index contributed by atoms with van der Waals surface area (Å²) < 4.78 is 32.9. The van der Waals surface area contributed by atoms with Gasteiger partial charge in [0.2, 0.25) is 0 Å². The Morgan fingerprint density at radius 1 is 1.07 bits per heavy atom. The first-order valence-corrected chi connectivity index (χ1v) is 9.86. The number of nitrogens with one attached hydrogen (secondary N) is 1. The van der Waals surface area contributed by atoms with Gasteiger partial charge in [-0.2, -0.15) is 0 Å². The molecule has 1 aliphatic carbocycles. The summed E-state index contributed by atoms with van der Waals surface area (Å²) in [5.41, 5.74) is 2.69. The summed E-state index contributed by atoms with van der Waals surface area (Å²) in [6.45, 7) is 0. The Kier molecular flexibility index (Phi) is 4.04. The van der Waals surface area contributed by atoms with Crippen molar-refractivity contribution in [2.24, 2.45) is 0 Å². The number of anilines is 1. The van der Waals surface area contributed by atoms with Gasteiger partial charge >= 0.3 is 5.97 Å². The Morgan fingerprint density at radius 2 is 1.81 bits per heavy atom. The highest BCUT2D eigenvalue weighted by Gasteiger charge is 2.22. The number of aryl methyl sites for hydroxylation is 2. The molecule has 0 bridgehead atoms.